The molecule has 1 N–H and O–H groups in total. The molecule has 0 spiro atoms. The van der Waals surface area contributed by atoms with Gasteiger partial charge in [-0.25, -0.2) is 0 Å². The number of para-hydroxylation sites is 1. The van der Waals surface area contributed by atoms with E-state index in [2.05, 4.69) is 36.4 Å². The molecule has 1 atom stereocenters. The number of carbonyl (C=O) groups excluding carboxylic acids is 1. The quantitative estimate of drug-likeness (QED) is 0.244. The third-order valence-corrected chi connectivity index (χ3v) is 8.72. The number of thioether (sulfide) groups is 3. The number of carboxylic acid groups (broad SMARTS) is 1. The van der Waals surface area contributed by atoms with Crippen molar-refractivity contribution in [2.24, 2.45) is 0 Å². The highest BCUT2D eigenvalue weighted by Crippen LogP contribution is 2.41. The van der Waals surface area contributed by atoms with Crippen LogP contribution < -0.4 is 0 Å². The van der Waals surface area contributed by atoms with Crippen molar-refractivity contribution >= 4 is 58.1 Å². The monoisotopic (exact) mass is 500 g/mol. The third-order valence-electron chi connectivity index (χ3n) is 4.84. The molecule has 1 aromatic heterocycles. The van der Waals surface area contributed by atoms with E-state index in [0.717, 1.165) is 32.8 Å². The predicted molar refractivity (Wildman–Crippen MR) is 141 cm³/mol. The molecule has 0 radical (unpaired) electrons. The van der Waals surface area contributed by atoms with Crippen LogP contribution in [0.4, 0.5) is 0 Å². The number of carbonyl (C=O) groups is 2. The fourth-order valence-electron chi connectivity index (χ4n) is 3.07. The van der Waals surface area contributed by atoms with Gasteiger partial charge in [0.1, 0.15) is 0 Å². The average molecular weight is 501 g/mol. The maximum absolute atomic E-state index is 11.9. The van der Waals surface area contributed by atoms with Gasteiger partial charge in [0.2, 0.25) is 5.91 Å². The number of rotatable bonds is 12. The number of benzene rings is 2. The Kier molecular flexibility index (Phi) is 9.96. The minimum atomic E-state index is -0.791. The zero-order valence-corrected chi connectivity index (χ0v) is 21.2. The van der Waals surface area contributed by atoms with E-state index in [9.17, 15) is 9.59 Å². The molecule has 0 bridgehead atoms. The second-order valence-electron chi connectivity index (χ2n) is 7.61. The van der Waals surface area contributed by atoms with Crippen LogP contribution in [-0.2, 0) is 15.3 Å². The normalized spacial score (nSPS) is 11.9. The Morgan fingerprint density at radius 2 is 1.73 bits per heavy atom. The van der Waals surface area contributed by atoms with Crippen LogP contribution >= 0.6 is 35.3 Å². The summed E-state index contributed by atoms with van der Waals surface area (Å²) in [6.07, 6.45) is 0.593. The first kappa shape index (κ1) is 25.5. The van der Waals surface area contributed by atoms with Gasteiger partial charge in [-0.15, -0.1) is 35.3 Å². The maximum Gasteiger partial charge on any atom is 0.304 e. The third kappa shape index (κ3) is 8.28. The van der Waals surface area contributed by atoms with Gasteiger partial charge in [0.05, 0.1) is 22.2 Å². The molecule has 174 valence electrons. The summed E-state index contributed by atoms with van der Waals surface area (Å²) in [5, 5.41) is 10.2. The lowest BCUT2D eigenvalue weighted by molar-refractivity contribution is -0.136. The van der Waals surface area contributed by atoms with Crippen molar-refractivity contribution in [2.75, 3.05) is 25.6 Å². The highest BCUT2D eigenvalue weighted by Gasteiger charge is 2.16. The van der Waals surface area contributed by atoms with Crippen molar-refractivity contribution < 1.29 is 14.7 Å². The number of aromatic nitrogens is 1. The van der Waals surface area contributed by atoms with Crippen LogP contribution in [0.1, 0.15) is 28.7 Å². The molecule has 0 aliphatic rings. The lowest BCUT2D eigenvalue weighted by Crippen LogP contribution is -2.21. The molecule has 0 fully saturated rings. The Balaban J connectivity index is 1.65. The summed E-state index contributed by atoms with van der Waals surface area (Å²) in [6, 6.07) is 20.7. The number of carboxylic acids is 1. The van der Waals surface area contributed by atoms with Crippen molar-refractivity contribution in [3.63, 3.8) is 0 Å². The van der Waals surface area contributed by atoms with Crippen molar-refractivity contribution in [1.29, 1.82) is 0 Å². The van der Waals surface area contributed by atoms with Gasteiger partial charge < -0.3 is 10.0 Å². The van der Waals surface area contributed by atoms with E-state index < -0.39 is 5.97 Å². The van der Waals surface area contributed by atoms with Crippen LogP contribution in [0.15, 0.2) is 65.6 Å². The van der Waals surface area contributed by atoms with Crippen LogP contribution in [0.3, 0.4) is 0 Å². The van der Waals surface area contributed by atoms with Crippen molar-refractivity contribution in [3.05, 3.63) is 71.9 Å². The number of aliphatic carboxylic acids is 1. The highest BCUT2D eigenvalue weighted by molar-refractivity contribution is 8.16. The number of hydrogen-bond acceptors (Lipinski definition) is 6. The lowest BCUT2D eigenvalue weighted by atomic mass is 10.2. The van der Waals surface area contributed by atoms with E-state index in [-0.39, 0.29) is 16.9 Å². The Labute approximate surface area is 207 Å². The minimum absolute atomic E-state index is 0.0821. The zero-order valence-electron chi connectivity index (χ0n) is 18.8. The number of amides is 1. The lowest BCUT2D eigenvalue weighted by Gasteiger charge is -2.18. The molecule has 5 nitrogen and oxygen atoms in total. The maximum atomic E-state index is 11.9. The minimum Gasteiger partial charge on any atom is -0.481 e. The van der Waals surface area contributed by atoms with Crippen LogP contribution in [0.25, 0.3) is 10.9 Å². The van der Waals surface area contributed by atoms with Gasteiger partial charge in [0.15, 0.2) is 0 Å². The van der Waals surface area contributed by atoms with Crippen molar-refractivity contribution in [1.82, 2.24) is 9.88 Å². The van der Waals surface area contributed by atoms with Gasteiger partial charge >= 0.3 is 5.97 Å². The second kappa shape index (κ2) is 12.9. The summed E-state index contributed by atoms with van der Waals surface area (Å²) >= 11 is 5.06. The molecule has 0 saturated carbocycles. The SMILES string of the molecule is CN(C)C(=O)CCSC(SCCC(=O)O)c1cccc(SCc2ccc3ccccc3n2)c1. The van der Waals surface area contributed by atoms with Gasteiger partial charge in [-0.05, 0) is 29.8 Å². The largest absolute Gasteiger partial charge is 0.481 e. The van der Waals surface area contributed by atoms with Crippen LogP contribution in [0.5, 0.6) is 0 Å². The van der Waals surface area contributed by atoms with Crippen molar-refractivity contribution in [3.8, 4) is 0 Å². The molecule has 3 rings (SSSR count). The molecule has 33 heavy (non-hydrogen) atoms. The molecule has 0 aliphatic carbocycles. The highest BCUT2D eigenvalue weighted by atomic mass is 32.2. The summed E-state index contributed by atoms with van der Waals surface area (Å²) in [5.74, 6) is 1.31. The second-order valence-corrected chi connectivity index (χ2v) is 11.4. The molecule has 1 amide bonds. The molecule has 0 saturated heterocycles. The molecule has 0 aliphatic heterocycles. The fraction of sp³-hybridized carbons (Fsp3) is 0.320. The van der Waals surface area contributed by atoms with Crippen LogP contribution in [0, 0.1) is 0 Å². The van der Waals surface area contributed by atoms with Gasteiger partial charge in [0.25, 0.3) is 0 Å². The predicted octanol–water partition coefficient (Wildman–Crippen LogP) is 5.95. The van der Waals surface area contributed by atoms with Crippen LogP contribution in [0.2, 0.25) is 0 Å². The first-order valence-electron chi connectivity index (χ1n) is 10.6. The molecular formula is C25H28N2O3S3. The van der Waals surface area contributed by atoms with Gasteiger partial charge in [-0.2, -0.15) is 0 Å². The first-order chi connectivity index (χ1) is 15.9. The standard InChI is InChI=1S/C25H28N2O3S3/c1-27(2)23(28)12-14-31-25(32-15-13-24(29)30)19-7-5-8-21(16-19)33-17-20-11-10-18-6-3-4-9-22(18)26-20/h3-11,16,25H,12-15,17H2,1-2H3,(H,29,30). The average Bonchev–Trinajstić information content (AvgIpc) is 2.81. The molecule has 3 aromatic rings. The van der Waals surface area contributed by atoms with Crippen molar-refractivity contribution in [2.45, 2.75) is 28.1 Å². The number of pyridine rings is 1. The zero-order chi connectivity index (χ0) is 23.6. The first-order valence-corrected chi connectivity index (χ1v) is 13.7. The Hall–Kier alpha value is -2.16. The van der Waals surface area contributed by atoms with E-state index in [0.29, 0.717) is 17.9 Å². The molecular weight excluding hydrogens is 472 g/mol. The fourth-order valence-corrected chi connectivity index (χ4v) is 6.59. The molecule has 1 heterocycles. The van der Waals surface area contributed by atoms with E-state index in [1.165, 1.54) is 0 Å². The van der Waals surface area contributed by atoms with E-state index in [1.54, 1.807) is 54.3 Å². The van der Waals surface area contributed by atoms with Crippen LogP contribution in [-0.4, -0.2) is 52.5 Å². The number of fused-ring (bicyclic) bond motifs is 1. The van der Waals surface area contributed by atoms with E-state index in [1.807, 2.05) is 24.3 Å². The molecule has 1 unspecified atom stereocenters. The number of nitrogens with zero attached hydrogens (tertiary/aromatic N) is 2. The number of hydrogen-bond donors (Lipinski definition) is 1. The van der Waals surface area contributed by atoms with Gasteiger partial charge in [-0.1, -0.05) is 36.4 Å². The molecule has 8 heteroatoms. The van der Waals surface area contributed by atoms with Gasteiger partial charge in [0, 0.05) is 48.1 Å². The Morgan fingerprint density at radius 1 is 0.970 bits per heavy atom. The van der Waals surface area contributed by atoms with E-state index in [4.69, 9.17) is 10.1 Å². The summed E-state index contributed by atoms with van der Waals surface area (Å²) in [7, 11) is 3.52. The smallest absolute Gasteiger partial charge is 0.304 e. The summed E-state index contributed by atoms with van der Waals surface area (Å²) < 4.78 is 0.0821. The summed E-state index contributed by atoms with van der Waals surface area (Å²) in [6.45, 7) is 0. The Bertz CT molecular complexity index is 1090. The summed E-state index contributed by atoms with van der Waals surface area (Å²) in [4.78, 5) is 30.4. The molecule has 2 aromatic carbocycles. The van der Waals surface area contributed by atoms with Gasteiger partial charge in [-0.3, -0.25) is 14.6 Å². The van der Waals surface area contributed by atoms with E-state index >= 15 is 0 Å². The topological polar surface area (TPSA) is 70.5 Å². The Morgan fingerprint density at radius 3 is 2.48 bits per heavy atom. The summed E-state index contributed by atoms with van der Waals surface area (Å²) in [5.41, 5.74) is 3.18.